The standard InChI is InChI=1S/C12H22N3O12P3/c1-2-12(8-24-29(20,21)27-30(22,23)26-28(17,18)19)5-3-9(25-12)7-15-6-4-10(13)14-11(15)16/h4,6,9H,2-3,5,7-8H2,1H3,(H,20,21)(H,22,23)(H2,13,14,16)(H2,17,18,19)/t9-,12+/m1/s1. The highest BCUT2D eigenvalue weighted by Crippen LogP contribution is 2.66. The van der Waals surface area contributed by atoms with Crippen LogP contribution in [0.25, 0.3) is 0 Å². The Morgan fingerprint density at radius 3 is 2.50 bits per heavy atom. The van der Waals surface area contributed by atoms with Gasteiger partial charge in [0.2, 0.25) is 0 Å². The molecule has 0 amide bonds. The number of phosphoric acid groups is 3. The van der Waals surface area contributed by atoms with Crippen LogP contribution in [0.2, 0.25) is 0 Å². The summed E-state index contributed by atoms with van der Waals surface area (Å²) >= 11 is 0. The Kier molecular flexibility index (Phi) is 7.82. The predicted octanol–water partition coefficient (Wildman–Crippen LogP) is 0.497. The van der Waals surface area contributed by atoms with E-state index in [2.05, 4.69) is 13.6 Å². The van der Waals surface area contributed by atoms with Gasteiger partial charge in [0.25, 0.3) is 0 Å². The molecule has 1 aromatic heterocycles. The number of hydrogen-bond acceptors (Lipinski definition) is 10. The van der Waals surface area contributed by atoms with Gasteiger partial charge in [0, 0.05) is 6.20 Å². The summed E-state index contributed by atoms with van der Waals surface area (Å²) < 4.78 is 53.1. The van der Waals surface area contributed by atoms with Crippen LogP contribution in [0.4, 0.5) is 5.82 Å². The third kappa shape index (κ3) is 7.63. The fourth-order valence-electron chi connectivity index (χ4n) is 2.80. The first-order chi connectivity index (χ1) is 13.6. The maximum Gasteiger partial charge on any atom is 0.490 e. The van der Waals surface area contributed by atoms with Gasteiger partial charge >= 0.3 is 29.2 Å². The van der Waals surface area contributed by atoms with Crippen molar-refractivity contribution in [2.75, 3.05) is 12.3 Å². The molecule has 0 radical (unpaired) electrons. The van der Waals surface area contributed by atoms with E-state index in [1.807, 2.05) is 0 Å². The molecule has 1 aliphatic rings. The second-order valence-electron chi connectivity index (χ2n) is 6.47. The fraction of sp³-hybridized carbons (Fsp3) is 0.667. The second-order valence-corrected chi connectivity index (χ2v) is 10.9. The molecule has 1 aromatic rings. The molecular weight excluding hydrogens is 471 g/mol. The zero-order valence-corrected chi connectivity index (χ0v) is 18.3. The Morgan fingerprint density at radius 1 is 1.27 bits per heavy atom. The van der Waals surface area contributed by atoms with Gasteiger partial charge in [-0.2, -0.15) is 13.6 Å². The predicted molar refractivity (Wildman–Crippen MR) is 99.9 cm³/mol. The molecule has 1 fully saturated rings. The van der Waals surface area contributed by atoms with Gasteiger partial charge in [-0.1, -0.05) is 6.92 Å². The highest BCUT2D eigenvalue weighted by molar-refractivity contribution is 7.66. The van der Waals surface area contributed by atoms with Crippen LogP contribution in [0.3, 0.4) is 0 Å². The van der Waals surface area contributed by atoms with Gasteiger partial charge in [0.15, 0.2) is 0 Å². The van der Waals surface area contributed by atoms with E-state index >= 15 is 0 Å². The highest BCUT2D eigenvalue weighted by atomic mass is 31.3. The monoisotopic (exact) mass is 493 g/mol. The van der Waals surface area contributed by atoms with Gasteiger partial charge < -0.3 is 30.0 Å². The minimum Gasteiger partial charge on any atom is -0.383 e. The maximum atomic E-state index is 11.9. The molecule has 15 nitrogen and oxygen atoms in total. The van der Waals surface area contributed by atoms with Crippen molar-refractivity contribution in [2.45, 2.75) is 44.4 Å². The van der Waals surface area contributed by atoms with Crippen molar-refractivity contribution in [1.29, 1.82) is 0 Å². The highest BCUT2D eigenvalue weighted by Gasteiger charge is 2.44. The van der Waals surface area contributed by atoms with Crippen LogP contribution in [-0.2, 0) is 38.1 Å². The Morgan fingerprint density at radius 2 is 1.93 bits per heavy atom. The van der Waals surface area contributed by atoms with E-state index in [0.29, 0.717) is 19.3 Å². The Hall–Kier alpha value is -0.950. The first-order valence-electron chi connectivity index (χ1n) is 8.43. The van der Waals surface area contributed by atoms with Gasteiger partial charge in [-0.25, -0.2) is 18.5 Å². The Labute approximate surface area is 170 Å². The topological polar surface area (TPSA) is 230 Å². The second kappa shape index (κ2) is 9.27. The summed E-state index contributed by atoms with van der Waals surface area (Å²) in [6.07, 6.45) is 2.13. The number of aromatic nitrogens is 2. The van der Waals surface area contributed by atoms with E-state index in [-0.39, 0.29) is 12.4 Å². The maximum absolute atomic E-state index is 11.9. The number of rotatable bonds is 10. The van der Waals surface area contributed by atoms with Crippen LogP contribution >= 0.6 is 23.5 Å². The molecule has 30 heavy (non-hydrogen) atoms. The minimum absolute atomic E-state index is 0.0718. The van der Waals surface area contributed by atoms with Crippen LogP contribution in [0, 0.1) is 0 Å². The molecule has 2 heterocycles. The molecule has 0 bridgehead atoms. The Balaban J connectivity index is 1.99. The first kappa shape index (κ1) is 25.3. The average molecular weight is 493 g/mol. The smallest absolute Gasteiger partial charge is 0.383 e. The lowest BCUT2D eigenvalue weighted by Crippen LogP contribution is -2.35. The van der Waals surface area contributed by atoms with Gasteiger partial charge in [-0.05, 0) is 25.3 Å². The zero-order valence-electron chi connectivity index (χ0n) is 15.6. The molecule has 2 unspecified atom stereocenters. The summed E-state index contributed by atoms with van der Waals surface area (Å²) in [5.41, 5.74) is 3.80. The first-order valence-corrected chi connectivity index (χ1v) is 13.0. The molecule has 1 saturated heterocycles. The molecule has 6 N–H and O–H groups in total. The molecular formula is C12H22N3O12P3. The van der Waals surface area contributed by atoms with Gasteiger partial charge in [-0.15, -0.1) is 0 Å². The van der Waals surface area contributed by atoms with E-state index in [1.54, 1.807) is 6.92 Å². The van der Waals surface area contributed by atoms with Gasteiger partial charge in [-0.3, -0.25) is 9.09 Å². The molecule has 0 aliphatic carbocycles. The van der Waals surface area contributed by atoms with E-state index in [9.17, 15) is 28.3 Å². The summed E-state index contributed by atoms with van der Waals surface area (Å²) in [7, 11) is -16.3. The van der Waals surface area contributed by atoms with Crippen molar-refractivity contribution >= 4 is 29.3 Å². The quantitative estimate of drug-likeness (QED) is 0.280. The Bertz CT molecular complexity index is 963. The molecule has 4 atom stereocenters. The molecule has 1 aliphatic heterocycles. The van der Waals surface area contributed by atoms with Crippen LogP contribution in [-0.4, -0.2) is 47.4 Å². The fourth-order valence-corrected chi connectivity index (χ4v) is 5.89. The van der Waals surface area contributed by atoms with Crippen molar-refractivity contribution in [3.8, 4) is 0 Å². The third-order valence-corrected chi connectivity index (χ3v) is 7.97. The molecule has 0 aromatic carbocycles. The number of anilines is 1. The average Bonchev–Trinajstić information content (AvgIpc) is 2.96. The summed E-state index contributed by atoms with van der Waals surface area (Å²) in [6, 6.07) is 1.44. The zero-order chi connectivity index (χ0) is 22.8. The normalized spacial score (nSPS) is 26.2. The van der Waals surface area contributed by atoms with Crippen molar-refractivity contribution in [2.24, 2.45) is 0 Å². The lowest BCUT2D eigenvalue weighted by molar-refractivity contribution is -0.0776. The van der Waals surface area contributed by atoms with Crippen molar-refractivity contribution in [3.63, 3.8) is 0 Å². The summed E-state index contributed by atoms with van der Waals surface area (Å²) in [5, 5.41) is 0. The molecule has 172 valence electrons. The van der Waals surface area contributed by atoms with E-state index in [1.165, 1.54) is 16.8 Å². The minimum atomic E-state index is -5.59. The number of nitrogen functional groups attached to an aromatic ring is 1. The lowest BCUT2D eigenvalue weighted by Gasteiger charge is -2.29. The van der Waals surface area contributed by atoms with Crippen LogP contribution in [0.5, 0.6) is 0 Å². The van der Waals surface area contributed by atoms with E-state index in [4.69, 9.17) is 24.8 Å². The number of nitrogens with two attached hydrogens (primary N) is 1. The van der Waals surface area contributed by atoms with Crippen LogP contribution in [0.1, 0.15) is 26.2 Å². The summed E-state index contributed by atoms with van der Waals surface area (Å²) in [5.74, 6) is 0.0718. The molecule has 2 rings (SSSR count). The van der Waals surface area contributed by atoms with Gasteiger partial charge in [0.1, 0.15) is 5.82 Å². The number of phosphoric ester groups is 1. The van der Waals surface area contributed by atoms with E-state index < -0.39 is 47.5 Å². The third-order valence-electron chi connectivity index (χ3n) is 4.19. The molecule has 0 saturated carbocycles. The van der Waals surface area contributed by atoms with E-state index in [0.717, 1.165) is 0 Å². The van der Waals surface area contributed by atoms with Crippen molar-refractivity contribution < 1.29 is 51.2 Å². The molecule has 18 heteroatoms. The van der Waals surface area contributed by atoms with Crippen LogP contribution < -0.4 is 11.4 Å². The number of hydrogen-bond donors (Lipinski definition) is 5. The number of nitrogens with zero attached hydrogens (tertiary/aromatic N) is 2. The van der Waals surface area contributed by atoms with Crippen molar-refractivity contribution in [3.05, 3.63) is 22.7 Å². The van der Waals surface area contributed by atoms with Gasteiger partial charge in [0.05, 0.1) is 24.9 Å². The summed E-state index contributed by atoms with van der Waals surface area (Å²) in [6.45, 7) is 1.31. The SMILES string of the molecule is CC[C@@]1(COP(=O)(O)OP(=O)(O)OP(=O)(O)O)CC[C@H](Cn2ccc(N)nc2=O)O1. The van der Waals surface area contributed by atoms with Crippen molar-refractivity contribution in [1.82, 2.24) is 9.55 Å². The summed E-state index contributed by atoms with van der Waals surface area (Å²) in [4.78, 5) is 51.3. The molecule has 0 spiro atoms. The number of ether oxygens (including phenoxy) is 1. The largest absolute Gasteiger partial charge is 0.490 e. The van der Waals surface area contributed by atoms with Crippen LogP contribution in [0.15, 0.2) is 17.1 Å². The lowest BCUT2D eigenvalue weighted by atomic mass is 9.98.